The Hall–Kier alpha value is -3.88. The lowest BCUT2D eigenvalue weighted by molar-refractivity contribution is 0.0566. The van der Waals surface area contributed by atoms with E-state index in [9.17, 15) is 8.78 Å². The van der Waals surface area contributed by atoms with E-state index in [2.05, 4.69) is 25.4 Å². The van der Waals surface area contributed by atoms with Crippen molar-refractivity contribution in [2.45, 2.75) is 6.55 Å². The van der Waals surface area contributed by atoms with Crippen LogP contribution in [0.4, 0.5) is 20.4 Å². The molecule has 4 aromatic heterocycles. The van der Waals surface area contributed by atoms with Crippen LogP contribution >= 0.6 is 0 Å². The molecular formula is C19H14F2N6O. The van der Waals surface area contributed by atoms with Crippen molar-refractivity contribution in [2.75, 3.05) is 5.32 Å². The van der Waals surface area contributed by atoms with E-state index in [-0.39, 0.29) is 11.4 Å². The van der Waals surface area contributed by atoms with Crippen LogP contribution < -0.4 is 10.1 Å². The maximum Gasteiger partial charge on any atom is 0.333 e. The van der Waals surface area contributed by atoms with Crippen LogP contribution in [-0.4, -0.2) is 24.7 Å². The number of alkyl halides is 2. The van der Waals surface area contributed by atoms with Crippen molar-refractivity contribution >= 4 is 11.6 Å². The molecular weight excluding hydrogens is 366 g/mol. The van der Waals surface area contributed by atoms with Gasteiger partial charge in [0, 0.05) is 24.7 Å². The second kappa shape index (κ2) is 7.78. The third-order valence-electron chi connectivity index (χ3n) is 3.69. The van der Waals surface area contributed by atoms with Crippen molar-refractivity contribution in [3.05, 3.63) is 73.3 Å². The normalized spacial score (nSPS) is 10.8. The third-order valence-corrected chi connectivity index (χ3v) is 3.69. The molecule has 140 valence electrons. The molecule has 0 saturated carbocycles. The smallest absolute Gasteiger partial charge is 0.333 e. The first-order chi connectivity index (χ1) is 13.7. The van der Waals surface area contributed by atoms with E-state index >= 15 is 0 Å². The molecule has 0 radical (unpaired) electrons. The molecule has 0 aliphatic carbocycles. The van der Waals surface area contributed by atoms with Crippen LogP contribution in [0.15, 0.2) is 73.3 Å². The van der Waals surface area contributed by atoms with E-state index in [0.29, 0.717) is 27.8 Å². The quantitative estimate of drug-likeness (QED) is 0.524. The SMILES string of the molecule is FC(F)n1cc(Oc2ccnc(Nc3ccccn3)c2)c(-c2ccccn2)n1. The Morgan fingerprint density at radius 3 is 2.39 bits per heavy atom. The highest BCUT2D eigenvalue weighted by molar-refractivity contribution is 5.63. The van der Waals surface area contributed by atoms with Crippen LogP contribution in [0, 0.1) is 0 Å². The molecule has 28 heavy (non-hydrogen) atoms. The van der Waals surface area contributed by atoms with Crippen molar-refractivity contribution in [1.29, 1.82) is 0 Å². The maximum absolute atomic E-state index is 13.1. The Morgan fingerprint density at radius 1 is 0.893 bits per heavy atom. The van der Waals surface area contributed by atoms with Crippen LogP contribution in [0.2, 0.25) is 0 Å². The minimum Gasteiger partial charge on any atom is -0.453 e. The molecule has 0 aliphatic heterocycles. The minimum absolute atomic E-state index is 0.161. The maximum atomic E-state index is 13.1. The van der Waals surface area contributed by atoms with Crippen LogP contribution in [-0.2, 0) is 0 Å². The fraction of sp³-hybridized carbons (Fsp3) is 0.0526. The summed E-state index contributed by atoms with van der Waals surface area (Å²) in [7, 11) is 0. The molecule has 4 rings (SSSR count). The Balaban J connectivity index is 1.63. The molecule has 9 heteroatoms. The number of rotatable bonds is 6. The van der Waals surface area contributed by atoms with E-state index in [0.717, 1.165) is 6.20 Å². The number of pyridine rings is 3. The number of nitrogens with zero attached hydrogens (tertiary/aromatic N) is 5. The molecule has 0 spiro atoms. The van der Waals surface area contributed by atoms with Gasteiger partial charge in [-0.2, -0.15) is 13.9 Å². The van der Waals surface area contributed by atoms with E-state index in [1.807, 2.05) is 6.07 Å². The third kappa shape index (κ3) is 3.93. The topological polar surface area (TPSA) is 77.8 Å². The largest absolute Gasteiger partial charge is 0.453 e. The first-order valence-corrected chi connectivity index (χ1v) is 8.30. The zero-order valence-electron chi connectivity index (χ0n) is 14.4. The molecule has 0 bridgehead atoms. The molecule has 0 amide bonds. The number of anilines is 2. The number of hydrogen-bond donors (Lipinski definition) is 1. The molecule has 7 nitrogen and oxygen atoms in total. The number of aromatic nitrogens is 5. The van der Waals surface area contributed by atoms with Crippen LogP contribution in [0.25, 0.3) is 11.4 Å². The second-order valence-corrected chi connectivity index (χ2v) is 5.63. The molecule has 0 aromatic carbocycles. The summed E-state index contributed by atoms with van der Waals surface area (Å²) < 4.78 is 32.6. The summed E-state index contributed by atoms with van der Waals surface area (Å²) in [6.07, 6.45) is 5.89. The summed E-state index contributed by atoms with van der Waals surface area (Å²) in [6, 6.07) is 13.8. The van der Waals surface area contributed by atoms with Crippen molar-refractivity contribution in [3.8, 4) is 22.9 Å². The molecule has 0 fully saturated rings. The van der Waals surface area contributed by atoms with E-state index < -0.39 is 6.55 Å². The fourth-order valence-electron chi connectivity index (χ4n) is 2.47. The van der Waals surface area contributed by atoms with Crippen LogP contribution in [0.1, 0.15) is 6.55 Å². The van der Waals surface area contributed by atoms with Crippen molar-refractivity contribution in [3.63, 3.8) is 0 Å². The number of ether oxygens (including phenoxy) is 1. The van der Waals surface area contributed by atoms with Crippen molar-refractivity contribution < 1.29 is 13.5 Å². The first-order valence-electron chi connectivity index (χ1n) is 8.30. The van der Waals surface area contributed by atoms with E-state index in [4.69, 9.17) is 4.74 Å². The monoisotopic (exact) mass is 380 g/mol. The van der Waals surface area contributed by atoms with Gasteiger partial charge >= 0.3 is 6.55 Å². The van der Waals surface area contributed by atoms with Crippen molar-refractivity contribution in [1.82, 2.24) is 24.7 Å². The van der Waals surface area contributed by atoms with Crippen LogP contribution in [0.3, 0.4) is 0 Å². The predicted octanol–water partition coefficient (Wildman–Crippen LogP) is 4.67. The van der Waals surface area contributed by atoms with Gasteiger partial charge in [0.15, 0.2) is 11.4 Å². The highest BCUT2D eigenvalue weighted by Crippen LogP contribution is 2.33. The highest BCUT2D eigenvalue weighted by atomic mass is 19.3. The van der Waals surface area contributed by atoms with Gasteiger partial charge in [-0.05, 0) is 30.3 Å². The van der Waals surface area contributed by atoms with E-state index in [1.54, 1.807) is 61.1 Å². The summed E-state index contributed by atoms with van der Waals surface area (Å²) in [5, 5.41) is 6.95. The Bertz CT molecular complexity index is 1060. The fourth-order valence-corrected chi connectivity index (χ4v) is 2.47. The first kappa shape index (κ1) is 17.5. The van der Waals surface area contributed by atoms with Gasteiger partial charge in [-0.15, -0.1) is 0 Å². The molecule has 0 atom stereocenters. The summed E-state index contributed by atoms with van der Waals surface area (Å²) >= 11 is 0. The highest BCUT2D eigenvalue weighted by Gasteiger charge is 2.18. The molecule has 0 saturated heterocycles. The van der Waals surface area contributed by atoms with Crippen LogP contribution in [0.5, 0.6) is 11.5 Å². The van der Waals surface area contributed by atoms with Gasteiger partial charge in [-0.3, -0.25) is 4.98 Å². The number of hydrogen-bond acceptors (Lipinski definition) is 6. The van der Waals surface area contributed by atoms with Gasteiger partial charge in [0.1, 0.15) is 17.4 Å². The molecule has 4 heterocycles. The predicted molar refractivity (Wildman–Crippen MR) is 98.5 cm³/mol. The lowest BCUT2D eigenvalue weighted by Gasteiger charge is -2.08. The summed E-state index contributed by atoms with van der Waals surface area (Å²) in [6.45, 7) is -2.79. The zero-order chi connectivity index (χ0) is 19.3. The van der Waals surface area contributed by atoms with E-state index in [1.165, 1.54) is 0 Å². The van der Waals surface area contributed by atoms with Crippen molar-refractivity contribution in [2.24, 2.45) is 0 Å². The lowest BCUT2D eigenvalue weighted by atomic mass is 10.2. The summed E-state index contributed by atoms with van der Waals surface area (Å²) in [4.78, 5) is 12.5. The molecule has 0 unspecified atom stereocenters. The molecule has 0 aliphatic rings. The second-order valence-electron chi connectivity index (χ2n) is 5.63. The summed E-state index contributed by atoms with van der Waals surface area (Å²) in [5.41, 5.74) is 0.648. The Kier molecular flexibility index (Phi) is 4.87. The summed E-state index contributed by atoms with van der Waals surface area (Å²) in [5.74, 6) is 1.68. The zero-order valence-corrected chi connectivity index (χ0v) is 14.4. The Labute approximate surface area is 158 Å². The number of nitrogens with one attached hydrogen (secondary N) is 1. The lowest BCUT2D eigenvalue weighted by Crippen LogP contribution is -1.98. The average Bonchev–Trinajstić information content (AvgIpc) is 3.14. The average molecular weight is 380 g/mol. The molecule has 1 N–H and O–H groups in total. The van der Waals surface area contributed by atoms with Gasteiger partial charge in [0.05, 0.1) is 11.9 Å². The number of halogens is 2. The molecule has 4 aromatic rings. The van der Waals surface area contributed by atoms with Gasteiger partial charge in [0.25, 0.3) is 0 Å². The Morgan fingerprint density at radius 2 is 1.68 bits per heavy atom. The van der Waals surface area contributed by atoms with Gasteiger partial charge in [-0.1, -0.05) is 12.1 Å². The standard InChI is InChI=1S/C19H14F2N6O/c20-19(21)27-12-15(18(26-27)14-5-1-3-8-22-14)28-13-7-10-24-17(11-13)25-16-6-2-4-9-23-16/h1-12,19H,(H,23,24,25). The minimum atomic E-state index is -2.79. The van der Waals surface area contributed by atoms with Gasteiger partial charge < -0.3 is 10.1 Å². The van der Waals surface area contributed by atoms with Gasteiger partial charge in [0.2, 0.25) is 0 Å². The van der Waals surface area contributed by atoms with Gasteiger partial charge in [-0.25, -0.2) is 14.6 Å².